The van der Waals surface area contributed by atoms with E-state index >= 15 is 0 Å². The van der Waals surface area contributed by atoms with E-state index < -0.39 is 0 Å². The number of nitrogens with zero attached hydrogens (tertiary/aromatic N) is 6. The lowest BCUT2D eigenvalue weighted by Gasteiger charge is -2.01. The molecule has 0 aliphatic rings. The summed E-state index contributed by atoms with van der Waals surface area (Å²) in [6, 6.07) is 21.3. The molecule has 3 aromatic heterocycles. The minimum Gasteiger partial charge on any atom is -0.448 e. The van der Waals surface area contributed by atoms with Gasteiger partial charge in [-0.25, -0.2) is 4.98 Å². The smallest absolute Gasteiger partial charge is 0.221 e. The number of benzene rings is 2. The van der Waals surface area contributed by atoms with Crippen LogP contribution in [0.5, 0.6) is 0 Å². The molecule has 0 bridgehead atoms. The van der Waals surface area contributed by atoms with Crippen LogP contribution in [0, 0.1) is 0 Å². The van der Waals surface area contributed by atoms with E-state index in [1.54, 1.807) is 22.2 Å². The molecule has 0 saturated carbocycles. The minimum absolute atomic E-state index is 0.611. The zero-order chi connectivity index (χ0) is 19.5. The second kappa shape index (κ2) is 7.86. The number of para-hydroxylation sites is 2. The van der Waals surface area contributed by atoms with Crippen LogP contribution < -0.4 is 5.43 Å². The number of hydrogen-bond donors (Lipinski definition) is 1. The summed E-state index contributed by atoms with van der Waals surface area (Å²) in [6.45, 7) is 0. The molecular weight excluding hydrogens is 406 g/mol. The van der Waals surface area contributed by atoms with Gasteiger partial charge in [0.05, 0.1) is 22.1 Å². The molecule has 5 rings (SSSR count). The highest BCUT2D eigenvalue weighted by atomic mass is 32.2. The van der Waals surface area contributed by atoms with Crippen LogP contribution in [0.15, 0.2) is 86.5 Å². The fourth-order valence-corrected chi connectivity index (χ4v) is 4.17. The number of nitrogens with one attached hydrogen (secondary N) is 1. The van der Waals surface area contributed by atoms with Crippen molar-refractivity contribution in [2.45, 2.75) is 10.2 Å². The molecule has 0 fully saturated rings. The minimum atomic E-state index is 0.611. The molecule has 0 saturated heterocycles. The summed E-state index contributed by atoms with van der Waals surface area (Å²) >= 11 is 2.88. The first-order chi connectivity index (χ1) is 14.3. The summed E-state index contributed by atoms with van der Waals surface area (Å²) in [7, 11) is 0. The Labute approximate surface area is 173 Å². The second-order valence-corrected chi connectivity index (χ2v) is 7.83. The molecule has 0 aliphatic heterocycles. The lowest BCUT2D eigenvalue weighted by atomic mass is 10.3. The van der Waals surface area contributed by atoms with Crippen LogP contribution in [0.3, 0.4) is 0 Å². The monoisotopic (exact) mass is 419 g/mol. The molecule has 5 aromatic rings. The van der Waals surface area contributed by atoms with E-state index in [1.807, 2.05) is 66.7 Å². The van der Waals surface area contributed by atoms with Gasteiger partial charge in [0.2, 0.25) is 10.3 Å². The quantitative estimate of drug-likeness (QED) is 0.321. The Morgan fingerprint density at radius 1 is 1.03 bits per heavy atom. The highest BCUT2D eigenvalue weighted by molar-refractivity contribution is 7.99. The van der Waals surface area contributed by atoms with Gasteiger partial charge in [-0.3, -0.25) is 5.43 Å². The second-order valence-electron chi connectivity index (χ2n) is 5.82. The van der Waals surface area contributed by atoms with Crippen LogP contribution in [-0.4, -0.2) is 31.4 Å². The third-order valence-corrected chi connectivity index (χ3v) is 5.68. The summed E-state index contributed by atoms with van der Waals surface area (Å²) < 4.78 is 8.56. The lowest BCUT2D eigenvalue weighted by Crippen LogP contribution is -1.97. The maximum absolute atomic E-state index is 5.79. The van der Waals surface area contributed by atoms with Crippen molar-refractivity contribution in [1.82, 2.24) is 25.2 Å². The average Bonchev–Trinajstić information content (AvgIpc) is 3.48. The third-order valence-electron chi connectivity index (χ3n) is 3.88. The fraction of sp³-hybridized carbons (Fsp3) is 0. The van der Waals surface area contributed by atoms with Crippen molar-refractivity contribution < 1.29 is 4.42 Å². The fourth-order valence-electron chi connectivity index (χ4n) is 2.59. The highest BCUT2D eigenvalue weighted by Gasteiger charge is 2.12. The molecular formula is C19H13N7OS2. The Balaban J connectivity index is 1.27. The third kappa shape index (κ3) is 3.89. The number of fused-ring (bicyclic) bond motifs is 1. The van der Waals surface area contributed by atoms with Crippen molar-refractivity contribution in [3.63, 3.8) is 0 Å². The van der Waals surface area contributed by atoms with Gasteiger partial charge in [0.15, 0.2) is 5.09 Å². The zero-order valence-corrected chi connectivity index (χ0v) is 16.5. The maximum Gasteiger partial charge on any atom is 0.221 e. The van der Waals surface area contributed by atoms with E-state index in [9.17, 15) is 0 Å². The van der Waals surface area contributed by atoms with E-state index in [-0.39, 0.29) is 0 Å². The first-order valence-corrected chi connectivity index (χ1v) is 10.2. The predicted octanol–water partition coefficient (Wildman–Crippen LogP) is 4.46. The zero-order valence-electron chi connectivity index (χ0n) is 14.8. The average molecular weight is 419 g/mol. The van der Waals surface area contributed by atoms with E-state index in [4.69, 9.17) is 4.42 Å². The summed E-state index contributed by atoms with van der Waals surface area (Å²) in [6.07, 6.45) is 1.61. The number of hydrazone groups is 1. The lowest BCUT2D eigenvalue weighted by molar-refractivity contribution is 0.468. The van der Waals surface area contributed by atoms with Crippen molar-refractivity contribution in [3.8, 4) is 5.69 Å². The van der Waals surface area contributed by atoms with Gasteiger partial charge in [-0.2, -0.15) is 9.78 Å². The first-order valence-electron chi connectivity index (χ1n) is 8.61. The van der Waals surface area contributed by atoms with E-state index in [2.05, 4.69) is 31.0 Å². The maximum atomic E-state index is 5.79. The molecule has 10 heteroatoms. The SMILES string of the molecule is C(=NNc1nc2ccccc2s1)c1ccc(Sc2nnnn2-c2ccccc2)o1. The molecule has 0 radical (unpaired) electrons. The number of thiazole rings is 1. The van der Waals surface area contributed by atoms with Crippen LogP contribution in [0.2, 0.25) is 0 Å². The number of tetrazole rings is 1. The van der Waals surface area contributed by atoms with E-state index in [0.717, 1.165) is 21.0 Å². The highest BCUT2D eigenvalue weighted by Crippen LogP contribution is 2.28. The molecule has 0 aliphatic carbocycles. The Hall–Kier alpha value is -3.50. The number of aromatic nitrogens is 5. The van der Waals surface area contributed by atoms with Gasteiger partial charge in [-0.1, -0.05) is 41.7 Å². The van der Waals surface area contributed by atoms with E-state index in [1.165, 1.54) is 11.8 Å². The predicted molar refractivity (Wildman–Crippen MR) is 113 cm³/mol. The molecule has 0 atom stereocenters. The van der Waals surface area contributed by atoms with Crippen molar-refractivity contribution in [1.29, 1.82) is 0 Å². The molecule has 0 amide bonds. The Morgan fingerprint density at radius 3 is 2.79 bits per heavy atom. The van der Waals surface area contributed by atoms with Gasteiger partial charge in [-0.05, 0) is 58.6 Å². The van der Waals surface area contributed by atoms with Crippen LogP contribution in [-0.2, 0) is 0 Å². The molecule has 8 nitrogen and oxygen atoms in total. The van der Waals surface area contributed by atoms with Crippen LogP contribution >= 0.6 is 23.1 Å². The summed E-state index contributed by atoms with van der Waals surface area (Å²) in [5.74, 6) is 0.611. The van der Waals surface area contributed by atoms with Crippen molar-refractivity contribution in [2.24, 2.45) is 5.10 Å². The largest absolute Gasteiger partial charge is 0.448 e. The number of furan rings is 1. The molecule has 1 N–H and O–H groups in total. The molecule has 29 heavy (non-hydrogen) atoms. The van der Waals surface area contributed by atoms with E-state index in [0.29, 0.717) is 16.0 Å². The first kappa shape index (κ1) is 17.6. The van der Waals surface area contributed by atoms with Gasteiger partial charge < -0.3 is 4.42 Å². The molecule has 142 valence electrons. The molecule has 0 spiro atoms. The van der Waals surface area contributed by atoms with Gasteiger partial charge in [0.1, 0.15) is 5.76 Å². The summed E-state index contributed by atoms with van der Waals surface area (Å²) in [5.41, 5.74) is 4.77. The van der Waals surface area contributed by atoms with Gasteiger partial charge in [0, 0.05) is 0 Å². The normalized spacial score (nSPS) is 11.4. The topological polar surface area (TPSA) is 94.0 Å². The Morgan fingerprint density at radius 2 is 1.90 bits per heavy atom. The van der Waals surface area contributed by atoms with Gasteiger partial charge >= 0.3 is 0 Å². The number of hydrogen-bond acceptors (Lipinski definition) is 9. The number of rotatable bonds is 6. The van der Waals surface area contributed by atoms with Gasteiger partial charge in [-0.15, -0.1) is 5.10 Å². The van der Waals surface area contributed by atoms with Crippen molar-refractivity contribution in [2.75, 3.05) is 5.43 Å². The number of anilines is 1. The molecule has 0 unspecified atom stereocenters. The van der Waals surface area contributed by atoms with Crippen LogP contribution in [0.1, 0.15) is 5.76 Å². The standard InChI is InChI=1S/C19H13N7OS2/c1-2-6-13(7-3-1)26-19(23-24-25-26)29-17-11-10-14(27-17)12-20-22-18-21-15-8-4-5-9-16(15)28-18/h1-12H,(H,21,22). The Kier molecular flexibility index (Phi) is 4.76. The van der Waals surface area contributed by atoms with Crippen LogP contribution in [0.25, 0.3) is 15.9 Å². The molecule has 3 heterocycles. The van der Waals surface area contributed by atoms with Crippen LogP contribution in [0.4, 0.5) is 5.13 Å². The van der Waals surface area contributed by atoms with Crippen molar-refractivity contribution in [3.05, 3.63) is 72.5 Å². The summed E-state index contributed by atoms with van der Waals surface area (Å²) in [5, 5.41) is 18.1. The molecule has 2 aromatic carbocycles. The Bertz CT molecular complexity index is 1240. The van der Waals surface area contributed by atoms with Crippen molar-refractivity contribution >= 4 is 44.7 Å². The van der Waals surface area contributed by atoms with Gasteiger partial charge in [0.25, 0.3) is 0 Å². The summed E-state index contributed by atoms with van der Waals surface area (Å²) in [4.78, 5) is 4.47.